The molecule has 1 aromatic carbocycles. The number of para-hydroxylation sites is 2. The van der Waals surface area contributed by atoms with Crippen molar-refractivity contribution in [1.82, 2.24) is 14.4 Å². The molecule has 3 saturated heterocycles. The summed E-state index contributed by atoms with van der Waals surface area (Å²) in [4.78, 5) is 52.7. The molecule has 4 heterocycles. The molecule has 28 heavy (non-hydrogen) atoms. The van der Waals surface area contributed by atoms with Crippen molar-refractivity contribution in [2.75, 3.05) is 0 Å². The standard InChI is InChI=1S/C20H21N3O5/c24-17-7-8-18(25)23(17)14-9-12-5-6-13(10-14)22(12)19(26)11-21-15-3-1-2-4-16(15)28-20(21)27/h1-4,12-14H,5-11H2. The first-order valence-corrected chi connectivity index (χ1v) is 9.77. The predicted molar refractivity (Wildman–Crippen MR) is 98.2 cm³/mol. The normalized spacial score (nSPS) is 27.2. The molecule has 3 aliphatic heterocycles. The molecule has 1 aromatic heterocycles. The molecule has 0 N–H and O–H groups in total. The number of amides is 3. The van der Waals surface area contributed by atoms with Gasteiger partial charge in [0.1, 0.15) is 6.54 Å². The summed E-state index contributed by atoms with van der Waals surface area (Å²) in [5.74, 6) is -0.833. The van der Waals surface area contributed by atoms with Gasteiger partial charge in [0, 0.05) is 31.0 Å². The third-order valence-corrected chi connectivity index (χ3v) is 6.32. The second kappa shape index (κ2) is 6.32. The molecule has 2 bridgehead atoms. The van der Waals surface area contributed by atoms with E-state index in [1.54, 1.807) is 24.3 Å². The molecular weight excluding hydrogens is 362 g/mol. The number of carbonyl (C=O) groups is 3. The molecule has 8 heteroatoms. The monoisotopic (exact) mass is 383 g/mol. The van der Waals surface area contributed by atoms with Crippen molar-refractivity contribution in [2.45, 2.75) is 63.2 Å². The van der Waals surface area contributed by atoms with Crippen LogP contribution in [-0.4, -0.2) is 50.2 Å². The summed E-state index contributed by atoms with van der Waals surface area (Å²) in [6, 6.07) is 6.95. The molecule has 2 atom stereocenters. The van der Waals surface area contributed by atoms with E-state index in [4.69, 9.17) is 4.42 Å². The van der Waals surface area contributed by atoms with Gasteiger partial charge in [-0.25, -0.2) is 4.79 Å². The van der Waals surface area contributed by atoms with E-state index < -0.39 is 5.76 Å². The number of piperidine rings is 1. The first kappa shape index (κ1) is 17.2. The Morgan fingerprint density at radius 2 is 1.61 bits per heavy atom. The minimum atomic E-state index is -0.537. The zero-order chi connectivity index (χ0) is 19.4. The summed E-state index contributed by atoms with van der Waals surface area (Å²) < 4.78 is 6.59. The van der Waals surface area contributed by atoms with Crippen LogP contribution >= 0.6 is 0 Å². The predicted octanol–water partition coefficient (Wildman–Crippen LogP) is 1.27. The lowest BCUT2D eigenvalue weighted by molar-refractivity contribution is -0.144. The average Bonchev–Trinajstić information content (AvgIpc) is 3.27. The maximum atomic E-state index is 13.1. The van der Waals surface area contributed by atoms with E-state index >= 15 is 0 Å². The Morgan fingerprint density at radius 1 is 0.964 bits per heavy atom. The summed E-state index contributed by atoms with van der Waals surface area (Å²) in [6.45, 7) is -0.0604. The highest BCUT2D eigenvalue weighted by Crippen LogP contribution is 2.39. The van der Waals surface area contributed by atoms with Crippen LogP contribution in [0.5, 0.6) is 0 Å². The van der Waals surface area contributed by atoms with Gasteiger partial charge >= 0.3 is 5.76 Å². The third-order valence-electron chi connectivity index (χ3n) is 6.32. The second-order valence-corrected chi connectivity index (χ2v) is 7.89. The van der Waals surface area contributed by atoms with Gasteiger partial charge in [0.2, 0.25) is 17.7 Å². The van der Waals surface area contributed by atoms with Crippen molar-refractivity contribution in [1.29, 1.82) is 0 Å². The van der Waals surface area contributed by atoms with E-state index in [9.17, 15) is 19.2 Å². The van der Waals surface area contributed by atoms with Gasteiger partial charge in [-0.05, 0) is 37.8 Å². The number of nitrogens with zero attached hydrogens (tertiary/aromatic N) is 3. The largest absolute Gasteiger partial charge is 0.420 e. The van der Waals surface area contributed by atoms with Gasteiger partial charge in [-0.3, -0.25) is 23.9 Å². The molecule has 0 aliphatic carbocycles. The summed E-state index contributed by atoms with van der Waals surface area (Å²) in [7, 11) is 0. The second-order valence-electron chi connectivity index (χ2n) is 7.89. The number of carbonyl (C=O) groups excluding carboxylic acids is 3. The van der Waals surface area contributed by atoms with Gasteiger partial charge in [-0.2, -0.15) is 0 Å². The number of imide groups is 1. The van der Waals surface area contributed by atoms with E-state index in [0.717, 1.165) is 12.8 Å². The van der Waals surface area contributed by atoms with Crippen molar-refractivity contribution < 1.29 is 18.8 Å². The van der Waals surface area contributed by atoms with Crippen LogP contribution < -0.4 is 5.76 Å². The molecule has 0 spiro atoms. The summed E-state index contributed by atoms with van der Waals surface area (Å²) >= 11 is 0. The highest BCUT2D eigenvalue weighted by atomic mass is 16.4. The van der Waals surface area contributed by atoms with Crippen LogP contribution in [0, 0.1) is 0 Å². The zero-order valence-electron chi connectivity index (χ0n) is 15.4. The van der Waals surface area contributed by atoms with Gasteiger partial charge in [0.25, 0.3) is 0 Å². The van der Waals surface area contributed by atoms with Gasteiger partial charge in [-0.15, -0.1) is 0 Å². The van der Waals surface area contributed by atoms with E-state index in [0.29, 0.717) is 36.8 Å². The lowest BCUT2D eigenvalue weighted by Crippen LogP contribution is -2.54. The SMILES string of the molecule is O=C1CCC(=O)N1C1CC2CCC(C1)N2C(=O)Cn1c(=O)oc2ccccc21. The molecule has 2 aromatic rings. The van der Waals surface area contributed by atoms with Crippen LogP contribution in [0.25, 0.3) is 11.1 Å². The number of hydrogen-bond donors (Lipinski definition) is 0. The topological polar surface area (TPSA) is 92.8 Å². The van der Waals surface area contributed by atoms with Crippen LogP contribution in [0.2, 0.25) is 0 Å². The molecular formula is C20H21N3O5. The van der Waals surface area contributed by atoms with Gasteiger partial charge in [0.05, 0.1) is 5.52 Å². The molecule has 8 nitrogen and oxygen atoms in total. The highest BCUT2D eigenvalue weighted by molar-refractivity contribution is 6.02. The summed E-state index contributed by atoms with van der Waals surface area (Å²) in [5.41, 5.74) is 1.07. The summed E-state index contributed by atoms with van der Waals surface area (Å²) in [6.07, 6.45) is 3.57. The Labute approximate surface area is 160 Å². The molecule has 3 aliphatic rings. The fourth-order valence-electron chi connectivity index (χ4n) is 5.15. The van der Waals surface area contributed by atoms with E-state index in [2.05, 4.69) is 0 Å². The number of likely N-dealkylation sites (tertiary alicyclic amines) is 1. The molecule has 3 fully saturated rings. The van der Waals surface area contributed by atoms with Gasteiger partial charge < -0.3 is 9.32 Å². The van der Waals surface area contributed by atoms with E-state index in [-0.39, 0.29) is 42.4 Å². The first-order valence-electron chi connectivity index (χ1n) is 9.77. The van der Waals surface area contributed by atoms with Crippen LogP contribution in [0.1, 0.15) is 38.5 Å². The number of oxazole rings is 1. The lowest BCUT2D eigenvalue weighted by atomic mass is 9.96. The molecule has 5 rings (SSSR count). The molecule has 0 saturated carbocycles. The Balaban J connectivity index is 1.36. The quantitative estimate of drug-likeness (QED) is 0.744. The van der Waals surface area contributed by atoms with Crippen LogP contribution in [0.4, 0.5) is 0 Å². The smallest absolute Gasteiger partial charge is 0.408 e. The Bertz CT molecular complexity index is 1010. The number of fused-ring (bicyclic) bond motifs is 3. The van der Waals surface area contributed by atoms with Crippen LogP contribution in [0.15, 0.2) is 33.5 Å². The van der Waals surface area contributed by atoms with Crippen molar-refractivity contribution in [3.8, 4) is 0 Å². The maximum Gasteiger partial charge on any atom is 0.420 e. The Hall–Kier alpha value is -2.90. The third kappa shape index (κ3) is 2.58. The fourth-order valence-corrected chi connectivity index (χ4v) is 5.15. The van der Waals surface area contributed by atoms with Crippen molar-refractivity contribution in [3.05, 3.63) is 34.8 Å². The summed E-state index contributed by atoms with van der Waals surface area (Å²) in [5, 5.41) is 0. The Kier molecular flexibility index (Phi) is 3.89. The van der Waals surface area contributed by atoms with Crippen molar-refractivity contribution in [3.63, 3.8) is 0 Å². The molecule has 0 radical (unpaired) electrons. The zero-order valence-corrected chi connectivity index (χ0v) is 15.4. The van der Waals surface area contributed by atoms with Crippen molar-refractivity contribution in [2.24, 2.45) is 0 Å². The van der Waals surface area contributed by atoms with E-state index in [1.807, 2.05) is 4.90 Å². The first-order chi connectivity index (χ1) is 13.5. The van der Waals surface area contributed by atoms with Crippen LogP contribution in [0.3, 0.4) is 0 Å². The molecule has 146 valence electrons. The number of aromatic nitrogens is 1. The Morgan fingerprint density at radius 3 is 2.29 bits per heavy atom. The van der Waals surface area contributed by atoms with Gasteiger partial charge in [-0.1, -0.05) is 12.1 Å². The number of rotatable bonds is 3. The maximum absolute atomic E-state index is 13.1. The van der Waals surface area contributed by atoms with Crippen LogP contribution in [-0.2, 0) is 20.9 Å². The molecule has 3 amide bonds. The average molecular weight is 383 g/mol. The van der Waals surface area contributed by atoms with E-state index in [1.165, 1.54) is 9.47 Å². The number of hydrogen-bond acceptors (Lipinski definition) is 5. The van der Waals surface area contributed by atoms with Gasteiger partial charge in [0.15, 0.2) is 5.58 Å². The highest BCUT2D eigenvalue weighted by Gasteiger charge is 2.47. The minimum Gasteiger partial charge on any atom is -0.408 e. The lowest BCUT2D eigenvalue weighted by Gasteiger charge is -2.41. The van der Waals surface area contributed by atoms with Crippen molar-refractivity contribution >= 4 is 28.8 Å². The molecule has 2 unspecified atom stereocenters. The fraction of sp³-hybridized carbons (Fsp3) is 0.500. The minimum absolute atomic E-state index is 0.00585. The number of benzene rings is 1.